The van der Waals surface area contributed by atoms with Crippen molar-refractivity contribution in [3.63, 3.8) is 0 Å². The summed E-state index contributed by atoms with van der Waals surface area (Å²) in [6.45, 7) is 3.73. The average Bonchev–Trinajstić information content (AvgIpc) is 3.05. The third kappa shape index (κ3) is 4.17. The molecule has 2 heterocycles. The zero-order chi connectivity index (χ0) is 20.6. The number of fused-ring (bicyclic) bond motifs is 1. The van der Waals surface area contributed by atoms with Crippen LogP contribution in [0.2, 0.25) is 5.02 Å². The molecule has 1 aliphatic heterocycles. The minimum atomic E-state index is -4.53. The summed E-state index contributed by atoms with van der Waals surface area (Å²) in [5, 5.41) is -0.574. The second-order valence-electron chi connectivity index (χ2n) is 6.40. The van der Waals surface area contributed by atoms with Gasteiger partial charge in [0.25, 0.3) is 0 Å². The number of thioether (sulfide) groups is 1. The summed E-state index contributed by atoms with van der Waals surface area (Å²) < 4.78 is 38.1. The van der Waals surface area contributed by atoms with E-state index < -0.39 is 17.0 Å². The Morgan fingerprint density at radius 2 is 2.00 bits per heavy atom. The number of hydrogen-bond acceptors (Lipinski definition) is 4. The number of carbonyl (C=O) groups excluding carboxylic acids is 2. The van der Waals surface area contributed by atoms with Gasteiger partial charge in [-0.25, -0.2) is 4.98 Å². The smallest absolute Gasteiger partial charge is 0.312 e. The van der Waals surface area contributed by atoms with Crippen molar-refractivity contribution in [1.82, 2.24) is 4.98 Å². The van der Waals surface area contributed by atoms with Crippen molar-refractivity contribution in [3.8, 4) is 0 Å². The number of pyridine rings is 1. The molecule has 0 spiro atoms. The van der Waals surface area contributed by atoms with Crippen LogP contribution < -0.4 is 4.90 Å². The van der Waals surface area contributed by atoms with Gasteiger partial charge in [-0.15, -0.1) is 0 Å². The third-order valence-electron chi connectivity index (χ3n) is 4.43. The summed E-state index contributed by atoms with van der Waals surface area (Å²) in [5.41, 5.74) is 1.27. The van der Waals surface area contributed by atoms with Crippen molar-refractivity contribution >= 4 is 40.7 Å². The largest absolute Gasteiger partial charge is 0.417 e. The van der Waals surface area contributed by atoms with Crippen molar-refractivity contribution in [2.75, 3.05) is 11.4 Å². The molecule has 0 N–H and O–H groups in total. The van der Waals surface area contributed by atoms with Gasteiger partial charge in [-0.05, 0) is 43.2 Å². The molecule has 0 bridgehead atoms. The van der Waals surface area contributed by atoms with E-state index in [9.17, 15) is 22.8 Å². The number of Topliss-reactive ketones (excluding diaryl/α,β-unsaturated/α-hetero) is 1. The number of nitrogens with zero attached hydrogens (tertiary/aromatic N) is 2. The molecular weight excluding hydrogens is 413 g/mol. The highest BCUT2D eigenvalue weighted by atomic mass is 35.5. The highest BCUT2D eigenvalue weighted by Crippen LogP contribution is 2.36. The standard InChI is InChI=1S/C19H16ClF3N2O2S/c1-10(28-18-15(20)8-14(9-24-18)19(21,22)23)17(27)13-3-4-16-12(7-13)5-6-25(16)11(2)26/h3-4,7-10H,5-6H2,1-2H3/t10-/m0/s1. The highest BCUT2D eigenvalue weighted by Gasteiger charge is 2.32. The summed E-state index contributed by atoms with van der Waals surface area (Å²) in [4.78, 5) is 29.8. The molecule has 4 nitrogen and oxygen atoms in total. The first-order valence-corrected chi connectivity index (χ1v) is 9.68. The van der Waals surface area contributed by atoms with Gasteiger partial charge in [0.1, 0.15) is 5.03 Å². The molecule has 2 aromatic rings. The molecule has 0 aliphatic carbocycles. The maximum atomic E-state index is 12.7. The lowest BCUT2D eigenvalue weighted by molar-refractivity contribution is -0.137. The van der Waals surface area contributed by atoms with Gasteiger partial charge >= 0.3 is 6.18 Å². The number of aromatic nitrogens is 1. The summed E-state index contributed by atoms with van der Waals surface area (Å²) in [6.07, 6.45) is -3.15. The van der Waals surface area contributed by atoms with Gasteiger partial charge in [-0.3, -0.25) is 9.59 Å². The first kappa shape index (κ1) is 20.7. The zero-order valence-electron chi connectivity index (χ0n) is 15.0. The molecular formula is C19H16ClF3N2O2S. The fourth-order valence-electron chi connectivity index (χ4n) is 3.00. The fraction of sp³-hybridized carbons (Fsp3) is 0.316. The van der Waals surface area contributed by atoms with Crippen LogP contribution in [0, 0.1) is 0 Å². The van der Waals surface area contributed by atoms with Crippen LogP contribution in [-0.4, -0.2) is 28.5 Å². The number of rotatable bonds is 4. The van der Waals surface area contributed by atoms with Gasteiger partial charge < -0.3 is 4.90 Å². The van der Waals surface area contributed by atoms with Gasteiger partial charge in [0.15, 0.2) is 5.78 Å². The molecule has 0 fully saturated rings. The third-order valence-corrected chi connectivity index (χ3v) is 5.95. The Bertz CT molecular complexity index is 949. The molecule has 28 heavy (non-hydrogen) atoms. The first-order valence-electron chi connectivity index (χ1n) is 8.42. The van der Waals surface area contributed by atoms with E-state index >= 15 is 0 Å². The van der Waals surface area contributed by atoms with Crippen molar-refractivity contribution in [3.05, 3.63) is 52.2 Å². The molecule has 0 unspecified atom stereocenters. The van der Waals surface area contributed by atoms with E-state index in [0.717, 1.165) is 29.1 Å². The fourth-order valence-corrected chi connectivity index (χ4v) is 4.17. The number of anilines is 1. The van der Waals surface area contributed by atoms with E-state index in [1.807, 2.05) is 0 Å². The van der Waals surface area contributed by atoms with Crippen LogP contribution >= 0.6 is 23.4 Å². The number of hydrogen-bond donors (Lipinski definition) is 0. The van der Waals surface area contributed by atoms with Gasteiger partial charge in [0, 0.05) is 30.9 Å². The second kappa shape index (κ2) is 7.75. The van der Waals surface area contributed by atoms with E-state index in [1.165, 1.54) is 6.92 Å². The normalized spacial score (nSPS) is 14.7. The lowest BCUT2D eigenvalue weighted by Crippen LogP contribution is -2.25. The van der Waals surface area contributed by atoms with Crippen molar-refractivity contribution in [2.24, 2.45) is 0 Å². The number of carbonyl (C=O) groups is 2. The molecule has 1 aromatic heterocycles. The number of benzene rings is 1. The van der Waals surface area contributed by atoms with E-state index in [4.69, 9.17) is 11.6 Å². The van der Waals surface area contributed by atoms with E-state index in [2.05, 4.69) is 4.98 Å². The quantitative estimate of drug-likeness (QED) is 0.506. The predicted octanol–water partition coefficient (Wildman–Crippen LogP) is 5.03. The van der Waals surface area contributed by atoms with E-state index in [0.29, 0.717) is 24.7 Å². The van der Waals surface area contributed by atoms with Crippen LogP contribution in [-0.2, 0) is 17.4 Å². The topological polar surface area (TPSA) is 50.3 Å². The molecule has 1 aliphatic rings. The maximum absolute atomic E-state index is 12.7. The molecule has 1 amide bonds. The van der Waals surface area contributed by atoms with E-state index in [1.54, 1.807) is 30.0 Å². The maximum Gasteiger partial charge on any atom is 0.417 e. The van der Waals surface area contributed by atoms with Gasteiger partial charge in [-0.1, -0.05) is 23.4 Å². The van der Waals surface area contributed by atoms with Crippen LogP contribution in [0.4, 0.5) is 18.9 Å². The van der Waals surface area contributed by atoms with Crippen molar-refractivity contribution in [2.45, 2.75) is 36.7 Å². The lowest BCUT2D eigenvalue weighted by atomic mass is 10.0. The van der Waals surface area contributed by atoms with Gasteiger partial charge in [0.05, 0.1) is 15.8 Å². The second-order valence-corrected chi connectivity index (χ2v) is 8.13. The molecule has 1 atom stereocenters. The molecule has 0 saturated heterocycles. The summed E-state index contributed by atoms with van der Waals surface area (Å²) in [7, 11) is 0. The Hall–Kier alpha value is -2.06. The van der Waals surface area contributed by atoms with E-state index in [-0.39, 0.29) is 21.7 Å². The Morgan fingerprint density at radius 1 is 1.29 bits per heavy atom. The number of amides is 1. The lowest BCUT2D eigenvalue weighted by Gasteiger charge is -2.16. The van der Waals surface area contributed by atoms with Crippen LogP contribution in [0.1, 0.15) is 35.3 Å². The minimum Gasteiger partial charge on any atom is -0.312 e. The monoisotopic (exact) mass is 428 g/mol. The van der Waals surface area contributed by atoms with Crippen LogP contribution in [0.25, 0.3) is 0 Å². The molecule has 3 rings (SSSR count). The highest BCUT2D eigenvalue weighted by molar-refractivity contribution is 8.00. The van der Waals surface area contributed by atoms with Crippen LogP contribution in [0.3, 0.4) is 0 Å². The molecule has 1 aromatic carbocycles. The summed E-state index contributed by atoms with van der Waals surface area (Å²) in [6, 6.07) is 5.97. The zero-order valence-corrected chi connectivity index (χ0v) is 16.6. The Kier molecular flexibility index (Phi) is 5.72. The number of halogens is 4. The Labute approximate surface area is 169 Å². The summed E-state index contributed by atoms with van der Waals surface area (Å²) in [5.74, 6) is -0.239. The average molecular weight is 429 g/mol. The Morgan fingerprint density at radius 3 is 2.61 bits per heavy atom. The molecule has 0 radical (unpaired) electrons. The minimum absolute atomic E-state index is 0.0511. The molecule has 0 saturated carbocycles. The van der Waals surface area contributed by atoms with Gasteiger partial charge in [0.2, 0.25) is 5.91 Å². The molecule has 9 heteroatoms. The van der Waals surface area contributed by atoms with Crippen LogP contribution in [0.5, 0.6) is 0 Å². The summed E-state index contributed by atoms with van der Waals surface area (Å²) >= 11 is 6.93. The van der Waals surface area contributed by atoms with Crippen molar-refractivity contribution in [1.29, 1.82) is 0 Å². The van der Waals surface area contributed by atoms with Gasteiger partial charge in [-0.2, -0.15) is 13.2 Å². The molecule has 148 valence electrons. The first-order chi connectivity index (χ1) is 13.1. The SMILES string of the molecule is CC(=O)N1CCc2cc(C(=O)[C@H](C)Sc3ncc(C(F)(F)F)cc3Cl)ccc21. The van der Waals surface area contributed by atoms with Crippen LogP contribution in [0.15, 0.2) is 35.5 Å². The number of alkyl halides is 3. The predicted molar refractivity (Wildman–Crippen MR) is 102 cm³/mol. The van der Waals surface area contributed by atoms with Crippen molar-refractivity contribution < 1.29 is 22.8 Å². The number of ketones is 1. The Balaban J connectivity index is 1.76.